The molecule has 0 aliphatic carbocycles. The van der Waals surface area contributed by atoms with E-state index in [1.165, 1.54) is 0 Å². The van der Waals surface area contributed by atoms with Crippen molar-refractivity contribution in [1.29, 1.82) is 0 Å². The Bertz CT molecular complexity index is 518. The first-order valence-corrected chi connectivity index (χ1v) is 5.92. The molecule has 5 nitrogen and oxygen atoms in total. The lowest BCUT2D eigenvalue weighted by molar-refractivity contribution is -0.141. The van der Waals surface area contributed by atoms with Crippen LogP contribution >= 0.6 is 0 Å². The van der Waals surface area contributed by atoms with Gasteiger partial charge in [0.2, 0.25) is 0 Å². The van der Waals surface area contributed by atoms with Gasteiger partial charge in [-0.1, -0.05) is 0 Å². The van der Waals surface area contributed by atoms with Gasteiger partial charge >= 0.3 is 12.1 Å². The van der Waals surface area contributed by atoms with E-state index in [1.807, 2.05) is 0 Å². The lowest BCUT2D eigenvalue weighted by atomic mass is 10.0. The van der Waals surface area contributed by atoms with Crippen LogP contribution in [0.15, 0.2) is 12.1 Å². The van der Waals surface area contributed by atoms with E-state index < -0.39 is 35.6 Å². The standard InChI is InChI=1S/C13H14F3NO4/c1-20-12(18)5-8(17-13(19)21-2)3-7-4-10(15)11(16)6-9(7)14/h4,6,8H,3,5H2,1-2H3,(H,17,19). The molecule has 1 aromatic rings. The van der Waals surface area contributed by atoms with E-state index in [0.29, 0.717) is 12.1 Å². The number of carbonyl (C=O) groups is 2. The van der Waals surface area contributed by atoms with Gasteiger partial charge in [0, 0.05) is 12.1 Å². The second-order valence-corrected chi connectivity index (χ2v) is 4.17. The number of esters is 1. The molecule has 1 unspecified atom stereocenters. The first-order valence-electron chi connectivity index (χ1n) is 5.92. The molecule has 8 heteroatoms. The van der Waals surface area contributed by atoms with Gasteiger partial charge in [-0.3, -0.25) is 4.79 Å². The zero-order chi connectivity index (χ0) is 16.0. The zero-order valence-electron chi connectivity index (χ0n) is 11.4. The molecule has 0 saturated heterocycles. The third kappa shape index (κ3) is 4.97. The number of carbonyl (C=O) groups excluding carboxylic acids is 2. The van der Waals surface area contributed by atoms with Crippen LogP contribution in [0.1, 0.15) is 12.0 Å². The van der Waals surface area contributed by atoms with Gasteiger partial charge in [-0.2, -0.15) is 0 Å². The number of benzene rings is 1. The van der Waals surface area contributed by atoms with Gasteiger partial charge in [-0.15, -0.1) is 0 Å². The number of halogens is 3. The number of ether oxygens (including phenoxy) is 2. The highest BCUT2D eigenvalue weighted by molar-refractivity contribution is 5.72. The third-order valence-corrected chi connectivity index (χ3v) is 2.70. The Morgan fingerprint density at radius 1 is 1.10 bits per heavy atom. The van der Waals surface area contributed by atoms with Crippen LogP contribution in [0.4, 0.5) is 18.0 Å². The van der Waals surface area contributed by atoms with Crippen molar-refractivity contribution in [2.45, 2.75) is 18.9 Å². The van der Waals surface area contributed by atoms with E-state index in [4.69, 9.17) is 0 Å². The van der Waals surface area contributed by atoms with Crippen molar-refractivity contribution in [2.24, 2.45) is 0 Å². The molecule has 1 aromatic carbocycles. The maximum absolute atomic E-state index is 13.6. The fourth-order valence-electron chi connectivity index (χ4n) is 1.67. The van der Waals surface area contributed by atoms with Crippen molar-refractivity contribution < 1.29 is 32.2 Å². The minimum Gasteiger partial charge on any atom is -0.469 e. The average Bonchev–Trinajstić information content (AvgIpc) is 2.44. The van der Waals surface area contributed by atoms with E-state index in [1.54, 1.807) is 0 Å². The highest BCUT2D eigenvalue weighted by atomic mass is 19.2. The van der Waals surface area contributed by atoms with Gasteiger partial charge in [0.15, 0.2) is 11.6 Å². The molecule has 0 aromatic heterocycles. The average molecular weight is 305 g/mol. The summed E-state index contributed by atoms with van der Waals surface area (Å²) < 4.78 is 48.4. The van der Waals surface area contributed by atoms with Crippen molar-refractivity contribution in [3.8, 4) is 0 Å². The topological polar surface area (TPSA) is 64.6 Å². The summed E-state index contributed by atoms with van der Waals surface area (Å²) in [5.74, 6) is -4.17. The fourth-order valence-corrected chi connectivity index (χ4v) is 1.67. The molecule has 1 atom stereocenters. The summed E-state index contributed by atoms with van der Waals surface area (Å²) in [6, 6.07) is 0.190. The minimum atomic E-state index is -1.32. The van der Waals surface area contributed by atoms with Crippen LogP contribution in [0, 0.1) is 17.5 Å². The first kappa shape index (κ1) is 16.8. The maximum Gasteiger partial charge on any atom is 0.407 e. The van der Waals surface area contributed by atoms with E-state index in [-0.39, 0.29) is 18.4 Å². The van der Waals surface area contributed by atoms with Crippen molar-refractivity contribution in [2.75, 3.05) is 14.2 Å². The second-order valence-electron chi connectivity index (χ2n) is 4.17. The van der Waals surface area contributed by atoms with Crippen LogP contribution in [0.25, 0.3) is 0 Å². The molecule has 1 N–H and O–H groups in total. The number of methoxy groups -OCH3 is 2. The fraction of sp³-hybridized carbons (Fsp3) is 0.385. The number of rotatable bonds is 5. The highest BCUT2D eigenvalue weighted by Gasteiger charge is 2.20. The van der Waals surface area contributed by atoms with Crippen LogP contribution in [0.3, 0.4) is 0 Å². The van der Waals surface area contributed by atoms with Gasteiger partial charge in [0.1, 0.15) is 5.82 Å². The second kappa shape index (κ2) is 7.51. The van der Waals surface area contributed by atoms with Gasteiger partial charge in [-0.05, 0) is 18.1 Å². The number of nitrogens with one attached hydrogen (secondary N) is 1. The molecule has 0 aliphatic heterocycles. The van der Waals surface area contributed by atoms with E-state index >= 15 is 0 Å². The Morgan fingerprint density at radius 3 is 2.29 bits per heavy atom. The lowest BCUT2D eigenvalue weighted by Gasteiger charge is -2.17. The summed E-state index contributed by atoms with van der Waals surface area (Å²) in [6.07, 6.45) is -1.34. The number of hydrogen-bond acceptors (Lipinski definition) is 4. The van der Waals surface area contributed by atoms with Gasteiger partial charge in [-0.25, -0.2) is 18.0 Å². The first-order chi connectivity index (χ1) is 9.87. The molecular weight excluding hydrogens is 291 g/mol. The summed E-state index contributed by atoms with van der Waals surface area (Å²) in [4.78, 5) is 22.4. The Labute approximate surface area is 119 Å². The summed E-state index contributed by atoms with van der Waals surface area (Å²) in [5.41, 5.74) is -0.181. The predicted octanol–water partition coefficient (Wildman–Crippen LogP) is 1.93. The lowest BCUT2D eigenvalue weighted by Crippen LogP contribution is -2.38. The number of amides is 1. The molecule has 0 heterocycles. The molecule has 0 saturated carbocycles. The Hall–Kier alpha value is -2.25. The molecule has 1 rings (SSSR count). The molecule has 116 valence electrons. The molecular formula is C13H14F3NO4. The quantitative estimate of drug-likeness (QED) is 0.667. The van der Waals surface area contributed by atoms with E-state index in [0.717, 1.165) is 14.2 Å². The van der Waals surface area contributed by atoms with Crippen molar-refractivity contribution in [3.63, 3.8) is 0 Å². The number of alkyl carbamates (subject to hydrolysis) is 1. The van der Waals surface area contributed by atoms with Crippen LogP contribution in [-0.4, -0.2) is 32.3 Å². The summed E-state index contributed by atoms with van der Waals surface area (Å²) in [5, 5.41) is 2.30. The Kier molecular flexibility index (Phi) is 6.01. The van der Waals surface area contributed by atoms with Gasteiger partial charge in [0.05, 0.1) is 20.6 Å². The summed E-state index contributed by atoms with van der Waals surface area (Å²) >= 11 is 0. The zero-order valence-corrected chi connectivity index (χ0v) is 11.4. The molecule has 1 amide bonds. The molecule has 0 fully saturated rings. The SMILES string of the molecule is COC(=O)CC(Cc1cc(F)c(F)cc1F)NC(=O)OC. The van der Waals surface area contributed by atoms with Crippen molar-refractivity contribution in [3.05, 3.63) is 35.1 Å². The normalized spacial score (nSPS) is 11.7. The monoisotopic (exact) mass is 305 g/mol. The van der Waals surface area contributed by atoms with Gasteiger partial charge < -0.3 is 14.8 Å². The Balaban J connectivity index is 2.91. The third-order valence-electron chi connectivity index (χ3n) is 2.70. The molecule has 0 aliphatic rings. The van der Waals surface area contributed by atoms with E-state index in [9.17, 15) is 22.8 Å². The van der Waals surface area contributed by atoms with Crippen LogP contribution in [0.2, 0.25) is 0 Å². The molecule has 0 radical (unpaired) electrons. The van der Waals surface area contributed by atoms with Crippen LogP contribution in [-0.2, 0) is 20.7 Å². The van der Waals surface area contributed by atoms with E-state index in [2.05, 4.69) is 14.8 Å². The summed E-state index contributed by atoms with van der Waals surface area (Å²) in [7, 11) is 2.26. The minimum absolute atomic E-state index is 0.181. The maximum atomic E-state index is 13.6. The molecule has 0 bridgehead atoms. The predicted molar refractivity (Wildman–Crippen MR) is 66.0 cm³/mol. The van der Waals surface area contributed by atoms with Crippen LogP contribution in [0.5, 0.6) is 0 Å². The van der Waals surface area contributed by atoms with Crippen molar-refractivity contribution in [1.82, 2.24) is 5.32 Å². The largest absolute Gasteiger partial charge is 0.469 e. The highest BCUT2D eigenvalue weighted by Crippen LogP contribution is 2.16. The smallest absolute Gasteiger partial charge is 0.407 e. The van der Waals surface area contributed by atoms with Crippen LogP contribution < -0.4 is 5.32 Å². The summed E-state index contributed by atoms with van der Waals surface area (Å²) in [6.45, 7) is 0. The molecule has 0 spiro atoms. The number of hydrogen-bond donors (Lipinski definition) is 1. The Morgan fingerprint density at radius 2 is 1.71 bits per heavy atom. The van der Waals surface area contributed by atoms with Gasteiger partial charge in [0.25, 0.3) is 0 Å². The van der Waals surface area contributed by atoms with Crippen molar-refractivity contribution >= 4 is 12.1 Å². The molecule has 21 heavy (non-hydrogen) atoms.